The first kappa shape index (κ1) is 10.6. The van der Waals surface area contributed by atoms with Gasteiger partial charge in [-0.1, -0.05) is 12.1 Å². The summed E-state index contributed by atoms with van der Waals surface area (Å²) in [5.41, 5.74) is -0.452. The molecule has 1 aromatic carbocycles. The predicted octanol–water partition coefficient (Wildman–Crippen LogP) is 2.93. The summed E-state index contributed by atoms with van der Waals surface area (Å²) in [6.45, 7) is -5.12. The summed E-state index contributed by atoms with van der Waals surface area (Å²) >= 11 is 0. The molecule has 0 bridgehead atoms. The molecule has 1 rings (SSSR count). The van der Waals surface area contributed by atoms with Crippen LogP contribution in [0.3, 0.4) is 0 Å². The molecule has 0 saturated carbocycles. The van der Waals surface area contributed by atoms with Crippen molar-refractivity contribution < 1.29 is 22.4 Å². The van der Waals surface area contributed by atoms with Crippen LogP contribution in [0.25, 0.3) is 6.08 Å². The number of hydrogen-bond donors (Lipinski definition) is 1. The Labute approximate surface area is 77.7 Å². The summed E-state index contributed by atoms with van der Waals surface area (Å²) < 4.78 is 48.2. The van der Waals surface area contributed by atoms with Gasteiger partial charge in [0.2, 0.25) is 0 Å². The fraction of sp³-hybridized carbons (Fsp3) is 0. The number of aromatic hydroxyl groups is 1. The topological polar surface area (TPSA) is 20.2 Å². The lowest BCUT2D eigenvalue weighted by atomic mass is 9.90. The van der Waals surface area contributed by atoms with Gasteiger partial charge in [-0.25, -0.2) is 4.39 Å². The minimum Gasteiger partial charge on any atom is -0.507 e. The Balaban J connectivity index is 3.03. The normalized spacial score (nSPS) is 12.3. The van der Waals surface area contributed by atoms with Crippen molar-refractivity contribution in [2.24, 2.45) is 0 Å². The molecule has 0 radical (unpaired) electrons. The lowest BCUT2D eigenvalue weighted by Gasteiger charge is -2.07. The first-order chi connectivity index (χ1) is 6.40. The van der Waals surface area contributed by atoms with E-state index in [1.807, 2.05) is 0 Å². The van der Waals surface area contributed by atoms with E-state index in [2.05, 4.69) is 0 Å². The van der Waals surface area contributed by atoms with Crippen LogP contribution in [0.15, 0.2) is 24.2 Å². The number of hydrogen-bond acceptors (Lipinski definition) is 1. The Morgan fingerprint density at radius 2 is 1.86 bits per heavy atom. The van der Waals surface area contributed by atoms with Crippen molar-refractivity contribution in [2.45, 2.75) is 0 Å². The van der Waals surface area contributed by atoms with Crippen LogP contribution >= 0.6 is 0 Å². The average molecular weight is 205 g/mol. The van der Waals surface area contributed by atoms with Crippen molar-refractivity contribution in [1.82, 2.24) is 0 Å². The van der Waals surface area contributed by atoms with E-state index in [-0.39, 0.29) is 5.98 Å². The zero-order valence-corrected chi connectivity index (χ0v) is 6.92. The maximum atomic E-state index is 12.9. The maximum Gasteiger partial charge on any atom is 0.502 e. The van der Waals surface area contributed by atoms with E-state index in [9.17, 15) is 17.3 Å². The third kappa shape index (κ3) is 2.79. The number of benzene rings is 1. The molecule has 0 atom stereocenters. The van der Waals surface area contributed by atoms with Crippen LogP contribution < -0.4 is 0 Å². The molecule has 76 valence electrons. The average Bonchev–Trinajstić information content (AvgIpc) is 2.01. The van der Waals surface area contributed by atoms with Crippen molar-refractivity contribution in [3.63, 3.8) is 0 Å². The van der Waals surface area contributed by atoms with Gasteiger partial charge < -0.3 is 18.1 Å². The second kappa shape index (κ2) is 3.73. The summed E-state index contributed by atoms with van der Waals surface area (Å²) in [7, 11) is 0. The van der Waals surface area contributed by atoms with E-state index in [1.165, 1.54) is 6.07 Å². The Hall–Kier alpha value is -1.46. The summed E-state index contributed by atoms with van der Waals surface area (Å²) in [5, 5.41) is 9.04. The highest BCUT2D eigenvalue weighted by Gasteiger charge is 2.17. The summed E-state index contributed by atoms with van der Waals surface area (Å²) in [6.07, 6.45) is 0.519. The zero-order chi connectivity index (χ0) is 10.8. The van der Waals surface area contributed by atoms with Crippen LogP contribution in [0.2, 0.25) is 0 Å². The van der Waals surface area contributed by atoms with Gasteiger partial charge in [0.25, 0.3) is 0 Å². The second-order valence-corrected chi connectivity index (χ2v) is 2.66. The first-order valence-corrected chi connectivity index (χ1v) is 3.77. The van der Waals surface area contributed by atoms with Crippen molar-refractivity contribution in [2.75, 3.05) is 0 Å². The second-order valence-electron chi connectivity index (χ2n) is 2.66. The lowest BCUT2D eigenvalue weighted by Crippen LogP contribution is -2.09. The van der Waals surface area contributed by atoms with Gasteiger partial charge in [0.05, 0.1) is 0 Å². The Morgan fingerprint density at radius 3 is 2.36 bits per heavy atom. The van der Waals surface area contributed by atoms with Crippen LogP contribution in [0, 0.1) is 5.82 Å². The minimum absolute atomic E-state index is 0.0713. The number of phenols is 1. The third-order valence-electron chi connectivity index (χ3n) is 1.51. The van der Waals surface area contributed by atoms with Gasteiger partial charge in [-0.2, -0.15) is 0 Å². The molecule has 0 aliphatic rings. The number of rotatable bonds is 2. The minimum atomic E-state index is -5.12. The number of phenolic OH excluding ortho intramolecular Hbond substituents is 1. The van der Waals surface area contributed by atoms with E-state index >= 15 is 0 Å². The quantitative estimate of drug-likeness (QED) is 0.581. The fourth-order valence-corrected chi connectivity index (χ4v) is 0.896. The van der Waals surface area contributed by atoms with E-state index in [1.54, 1.807) is 0 Å². The fourth-order valence-electron chi connectivity index (χ4n) is 0.896. The molecule has 0 fully saturated rings. The molecule has 1 aromatic rings. The molecular weight excluding hydrogens is 199 g/mol. The molecule has 1 nitrogen and oxygen atoms in total. The molecule has 0 aliphatic carbocycles. The van der Waals surface area contributed by atoms with Crippen molar-refractivity contribution >= 4 is 13.1 Å². The highest BCUT2D eigenvalue weighted by atomic mass is 19.4. The number of halogens is 4. The van der Waals surface area contributed by atoms with Gasteiger partial charge in [-0.05, 0) is 12.1 Å². The third-order valence-corrected chi connectivity index (χ3v) is 1.51. The van der Waals surface area contributed by atoms with Crippen molar-refractivity contribution in [1.29, 1.82) is 0 Å². The summed E-state index contributed by atoms with van der Waals surface area (Å²) in [6, 6.07) is 3.30. The predicted molar refractivity (Wildman–Crippen MR) is 46.2 cm³/mol. The van der Waals surface area contributed by atoms with Gasteiger partial charge in [0, 0.05) is 5.56 Å². The van der Waals surface area contributed by atoms with Crippen molar-refractivity contribution in [3.05, 3.63) is 35.6 Å². The van der Waals surface area contributed by atoms with E-state index in [0.29, 0.717) is 6.08 Å². The highest BCUT2D eigenvalue weighted by molar-refractivity contribution is 6.64. The van der Waals surface area contributed by atoms with Crippen LogP contribution in [-0.2, 0) is 0 Å². The maximum absolute atomic E-state index is 12.9. The molecule has 0 aliphatic heterocycles. The van der Waals surface area contributed by atoms with E-state index in [4.69, 9.17) is 5.11 Å². The largest absolute Gasteiger partial charge is 0.507 e. The monoisotopic (exact) mass is 205 g/mol. The van der Waals surface area contributed by atoms with Crippen molar-refractivity contribution in [3.8, 4) is 5.75 Å². The Morgan fingerprint density at radius 1 is 1.21 bits per heavy atom. The molecule has 0 heterocycles. The summed E-state index contributed by atoms with van der Waals surface area (Å²) in [4.78, 5) is 0. The molecule has 0 aromatic heterocycles. The van der Waals surface area contributed by atoms with E-state index < -0.39 is 24.1 Å². The molecule has 0 unspecified atom stereocenters. The van der Waals surface area contributed by atoms with Gasteiger partial charge in [-0.3, -0.25) is 0 Å². The van der Waals surface area contributed by atoms with Crippen LogP contribution in [0.5, 0.6) is 5.75 Å². The molecule has 0 saturated heterocycles. The first-order valence-electron chi connectivity index (χ1n) is 3.77. The van der Waals surface area contributed by atoms with Gasteiger partial charge in [-0.15, -0.1) is 5.98 Å². The highest BCUT2D eigenvalue weighted by Crippen LogP contribution is 2.22. The molecule has 14 heavy (non-hydrogen) atoms. The van der Waals surface area contributed by atoms with E-state index in [0.717, 1.165) is 12.1 Å². The molecule has 0 amide bonds. The van der Waals surface area contributed by atoms with Crippen LogP contribution in [-0.4, -0.2) is 12.1 Å². The standard InChI is InChI=1S/C8H6BF4O/c10-7-2-1-3-8(14)6(7)4-5-9(11,12)13/h1-5,14H/q-1/b5-4+. The molecule has 1 N–H and O–H groups in total. The van der Waals surface area contributed by atoms with Gasteiger partial charge >= 0.3 is 6.98 Å². The Kier molecular flexibility index (Phi) is 2.83. The van der Waals surface area contributed by atoms with Gasteiger partial charge in [0.1, 0.15) is 11.6 Å². The van der Waals surface area contributed by atoms with Crippen LogP contribution in [0.1, 0.15) is 5.56 Å². The lowest BCUT2D eigenvalue weighted by molar-refractivity contribution is 0.467. The van der Waals surface area contributed by atoms with Gasteiger partial charge in [0.15, 0.2) is 0 Å². The molecule has 0 spiro atoms. The summed E-state index contributed by atoms with van der Waals surface area (Å²) in [5.74, 6) is -1.47. The SMILES string of the molecule is Oc1cccc(F)c1/C=C/[B-](F)(F)F. The molecule has 6 heteroatoms. The van der Waals surface area contributed by atoms with Crippen LogP contribution in [0.4, 0.5) is 17.3 Å². The molecular formula is C8H6BF4O-. The Bertz CT molecular complexity index is 339. The zero-order valence-electron chi connectivity index (χ0n) is 6.92. The smallest absolute Gasteiger partial charge is 0.502 e.